The van der Waals surface area contributed by atoms with Crippen LogP contribution in [-0.4, -0.2) is 71.5 Å². The first-order chi connectivity index (χ1) is 16.7. The van der Waals surface area contributed by atoms with Crippen LogP contribution < -0.4 is 16.0 Å². The predicted octanol–water partition coefficient (Wildman–Crippen LogP) is 2.94. The molecule has 0 spiro atoms. The average Bonchev–Trinajstić information content (AvgIpc) is 2.85. The van der Waals surface area contributed by atoms with Gasteiger partial charge in [0.25, 0.3) is 0 Å². The van der Waals surface area contributed by atoms with E-state index in [4.69, 9.17) is 0 Å². The van der Waals surface area contributed by atoms with Gasteiger partial charge in [0.15, 0.2) is 0 Å². The molecule has 34 heavy (non-hydrogen) atoms. The first kappa shape index (κ1) is 22.3. The van der Waals surface area contributed by atoms with E-state index in [0.717, 1.165) is 74.1 Å². The van der Waals surface area contributed by atoms with E-state index in [1.165, 1.54) is 5.56 Å². The zero-order valence-electron chi connectivity index (χ0n) is 19.3. The van der Waals surface area contributed by atoms with E-state index >= 15 is 0 Å². The van der Waals surface area contributed by atoms with Gasteiger partial charge in [-0.1, -0.05) is 12.1 Å². The lowest BCUT2D eigenvalue weighted by molar-refractivity contribution is -0.122. The summed E-state index contributed by atoms with van der Waals surface area (Å²) in [5.41, 5.74) is 4.38. The summed E-state index contributed by atoms with van der Waals surface area (Å²) in [5.74, 6) is 1.74. The van der Waals surface area contributed by atoms with Gasteiger partial charge in [-0.15, -0.1) is 0 Å². The van der Waals surface area contributed by atoms with Gasteiger partial charge in [-0.3, -0.25) is 14.6 Å². The molecule has 0 saturated carbocycles. The molecule has 0 atom stereocenters. The molecule has 5 aliphatic heterocycles. The summed E-state index contributed by atoms with van der Waals surface area (Å²) < 4.78 is 0. The summed E-state index contributed by atoms with van der Waals surface area (Å²) in [4.78, 5) is 26.1. The lowest BCUT2D eigenvalue weighted by Crippen LogP contribution is -2.49. The first-order valence-corrected chi connectivity index (χ1v) is 11.9. The number of hydrogen-bond donors (Lipinski definition) is 3. The van der Waals surface area contributed by atoms with Crippen molar-refractivity contribution in [2.75, 3.05) is 56.4 Å². The Labute approximate surface area is 200 Å². The average molecular weight is 458 g/mol. The topological polar surface area (TPSA) is 85.4 Å². The van der Waals surface area contributed by atoms with E-state index in [2.05, 4.69) is 66.0 Å². The molecular weight excluding hydrogens is 426 g/mol. The predicted molar refractivity (Wildman–Crippen MR) is 135 cm³/mol. The molecule has 1 saturated heterocycles. The van der Waals surface area contributed by atoms with Crippen LogP contribution in [0.3, 0.4) is 0 Å². The fourth-order valence-electron chi connectivity index (χ4n) is 4.40. The maximum atomic E-state index is 12.3. The van der Waals surface area contributed by atoms with Crippen molar-refractivity contribution in [1.29, 1.82) is 0 Å². The monoisotopic (exact) mass is 457 g/mol. The summed E-state index contributed by atoms with van der Waals surface area (Å²) in [6.07, 6.45) is 4.54. The number of rotatable bonds is 0. The zero-order chi connectivity index (χ0) is 23.2. The van der Waals surface area contributed by atoms with Gasteiger partial charge in [0.05, 0.1) is 6.54 Å². The Morgan fingerprint density at radius 1 is 0.765 bits per heavy atom. The SMILES string of the molecule is O=C1CN2CCN(CC2)Cc2cccc(c2)Nc2cc(ccn2)-c2ccc(nc2)NCCCN1. The molecule has 5 aliphatic rings. The van der Waals surface area contributed by atoms with Crippen molar-refractivity contribution in [3.8, 4) is 11.1 Å². The number of hydrogen-bond acceptors (Lipinski definition) is 7. The Bertz CT molecular complexity index is 1110. The molecule has 1 fully saturated rings. The van der Waals surface area contributed by atoms with Gasteiger partial charge in [0, 0.05) is 69.5 Å². The molecule has 8 nitrogen and oxygen atoms in total. The molecular formula is C26H31N7O. The minimum Gasteiger partial charge on any atom is -0.370 e. The minimum atomic E-state index is 0.100. The van der Waals surface area contributed by atoms with E-state index in [9.17, 15) is 4.79 Å². The fraction of sp³-hybridized carbons (Fsp3) is 0.346. The van der Waals surface area contributed by atoms with Gasteiger partial charge < -0.3 is 16.0 Å². The lowest BCUT2D eigenvalue weighted by Gasteiger charge is -2.34. The quantitative estimate of drug-likeness (QED) is 0.479. The molecule has 0 unspecified atom stereocenters. The number of piperazine rings is 1. The van der Waals surface area contributed by atoms with Crippen LogP contribution in [0.2, 0.25) is 0 Å². The van der Waals surface area contributed by atoms with Gasteiger partial charge >= 0.3 is 0 Å². The van der Waals surface area contributed by atoms with Gasteiger partial charge in [-0.2, -0.15) is 0 Å². The second kappa shape index (κ2) is 10.6. The highest BCUT2D eigenvalue weighted by Gasteiger charge is 2.19. The number of benzene rings is 1. The van der Waals surface area contributed by atoms with Crippen LogP contribution >= 0.6 is 0 Å². The first-order valence-electron chi connectivity index (χ1n) is 11.9. The Hall–Kier alpha value is -3.49. The number of carbonyl (C=O) groups excluding carboxylic acids is 1. The van der Waals surface area contributed by atoms with Crippen molar-refractivity contribution in [3.05, 3.63) is 66.5 Å². The van der Waals surface area contributed by atoms with Crippen molar-refractivity contribution < 1.29 is 4.79 Å². The van der Waals surface area contributed by atoms with Gasteiger partial charge in [-0.25, -0.2) is 9.97 Å². The molecule has 1 aromatic carbocycles. The second-order valence-corrected chi connectivity index (χ2v) is 8.87. The van der Waals surface area contributed by atoms with Crippen molar-refractivity contribution in [3.63, 3.8) is 0 Å². The summed E-state index contributed by atoms with van der Waals surface area (Å²) in [5, 5.41) is 9.82. The summed E-state index contributed by atoms with van der Waals surface area (Å²) in [7, 11) is 0. The Morgan fingerprint density at radius 2 is 1.59 bits per heavy atom. The third-order valence-electron chi connectivity index (χ3n) is 6.28. The normalized spacial score (nSPS) is 21.2. The van der Waals surface area contributed by atoms with Crippen LogP contribution in [0.5, 0.6) is 0 Å². The standard InChI is InChI=1S/C26H31N7O/c34-26-19-33-13-11-32(12-14-33)18-20-3-1-4-23(15-20)31-25-16-21(7-10-28-25)22-5-6-24(30-17-22)27-8-2-9-29-26/h1,3-7,10,15-17H,2,8-9,11-14,18-19H2,(H,27,30)(H,28,31)(H,29,34). The van der Waals surface area contributed by atoms with Crippen molar-refractivity contribution in [1.82, 2.24) is 25.1 Å². The van der Waals surface area contributed by atoms with E-state index in [1.54, 1.807) is 0 Å². The van der Waals surface area contributed by atoms with Crippen molar-refractivity contribution in [2.24, 2.45) is 0 Å². The Kier molecular flexibility index (Phi) is 6.97. The molecule has 3 N–H and O–H groups in total. The molecule has 8 bridgehead atoms. The molecule has 0 radical (unpaired) electrons. The third-order valence-corrected chi connectivity index (χ3v) is 6.28. The molecule has 2 aromatic heterocycles. The minimum absolute atomic E-state index is 0.100. The lowest BCUT2D eigenvalue weighted by atomic mass is 10.1. The molecule has 176 valence electrons. The molecule has 7 heterocycles. The number of aromatic nitrogens is 2. The largest absolute Gasteiger partial charge is 0.370 e. The van der Waals surface area contributed by atoms with Crippen LogP contribution in [0.25, 0.3) is 11.1 Å². The number of nitrogens with zero attached hydrogens (tertiary/aromatic N) is 4. The van der Waals surface area contributed by atoms with Crippen molar-refractivity contribution >= 4 is 23.2 Å². The van der Waals surface area contributed by atoms with E-state index < -0.39 is 0 Å². The number of nitrogens with one attached hydrogen (secondary N) is 3. The zero-order valence-corrected chi connectivity index (χ0v) is 19.3. The smallest absolute Gasteiger partial charge is 0.234 e. The molecule has 0 aliphatic carbocycles. The van der Waals surface area contributed by atoms with Crippen LogP contribution in [0.4, 0.5) is 17.3 Å². The highest BCUT2D eigenvalue weighted by atomic mass is 16.2. The molecule has 8 heteroatoms. The third kappa shape index (κ3) is 5.89. The van der Waals surface area contributed by atoms with Crippen LogP contribution in [-0.2, 0) is 11.3 Å². The summed E-state index contributed by atoms with van der Waals surface area (Å²) in [6, 6.07) is 16.6. The summed E-state index contributed by atoms with van der Waals surface area (Å²) in [6.45, 7) is 6.52. The van der Waals surface area contributed by atoms with Gasteiger partial charge in [-0.05, 0) is 53.9 Å². The molecule has 1 amide bonds. The highest BCUT2D eigenvalue weighted by molar-refractivity contribution is 5.78. The Morgan fingerprint density at radius 3 is 2.41 bits per heavy atom. The van der Waals surface area contributed by atoms with E-state index in [0.29, 0.717) is 13.1 Å². The maximum Gasteiger partial charge on any atom is 0.234 e. The van der Waals surface area contributed by atoms with Gasteiger partial charge in [0.2, 0.25) is 5.91 Å². The number of carbonyl (C=O) groups is 1. The number of anilines is 3. The summed E-state index contributed by atoms with van der Waals surface area (Å²) >= 11 is 0. The number of amides is 1. The van der Waals surface area contributed by atoms with Crippen LogP contribution in [0, 0.1) is 0 Å². The fourth-order valence-corrected chi connectivity index (χ4v) is 4.40. The molecule has 3 aromatic rings. The van der Waals surface area contributed by atoms with E-state index in [-0.39, 0.29) is 5.91 Å². The van der Waals surface area contributed by atoms with Crippen LogP contribution in [0.15, 0.2) is 60.9 Å². The molecule has 8 rings (SSSR count). The van der Waals surface area contributed by atoms with Gasteiger partial charge in [0.1, 0.15) is 11.6 Å². The second-order valence-electron chi connectivity index (χ2n) is 8.87. The maximum absolute atomic E-state index is 12.3. The van der Waals surface area contributed by atoms with Crippen molar-refractivity contribution in [2.45, 2.75) is 13.0 Å². The highest BCUT2D eigenvalue weighted by Crippen LogP contribution is 2.24. The Balaban J connectivity index is 1.35. The van der Waals surface area contributed by atoms with Crippen LogP contribution in [0.1, 0.15) is 12.0 Å². The number of pyridine rings is 2. The van der Waals surface area contributed by atoms with E-state index in [1.807, 2.05) is 30.6 Å².